The molecule has 0 bridgehead atoms. The number of aryl methyl sites for hydroxylation is 1. The molecule has 0 heterocycles. The zero-order chi connectivity index (χ0) is 11.4. The minimum absolute atomic E-state index is 0.0267. The molecule has 0 aliphatic carbocycles. The molecule has 15 heavy (non-hydrogen) atoms. The smallest absolute Gasteiger partial charge is 0.401 e. The van der Waals surface area contributed by atoms with Gasteiger partial charge in [-0.1, -0.05) is 0 Å². The van der Waals surface area contributed by atoms with Crippen LogP contribution in [0.4, 0.5) is 18.4 Å². The summed E-state index contributed by atoms with van der Waals surface area (Å²) in [4.78, 5) is 19.9. The van der Waals surface area contributed by atoms with Gasteiger partial charge in [-0.2, -0.15) is 0 Å². The van der Waals surface area contributed by atoms with Gasteiger partial charge in [-0.15, -0.1) is 8.78 Å². The van der Waals surface area contributed by atoms with Crippen LogP contribution in [0.1, 0.15) is 5.56 Å². The van der Waals surface area contributed by atoms with Crippen molar-refractivity contribution in [3.8, 4) is 11.5 Å². The Morgan fingerprint density at radius 3 is 2.20 bits per heavy atom. The Morgan fingerprint density at radius 1 is 1.13 bits per heavy atom. The van der Waals surface area contributed by atoms with E-state index in [1.807, 2.05) is 0 Å². The van der Waals surface area contributed by atoms with Crippen LogP contribution in [-0.4, -0.2) is 12.4 Å². The Balaban J connectivity index is 2.87. The first-order valence-corrected chi connectivity index (χ1v) is 3.84. The fourth-order valence-electron chi connectivity index (χ4n) is 0.979. The molecule has 0 aromatic heterocycles. The van der Waals surface area contributed by atoms with E-state index in [0.717, 1.165) is 0 Å². The van der Waals surface area contributed by atoms with Crippen molar-refractivity contribution >= 4 is 12.4 Å². The predicted octanol–water partition coefficient (Wildman–Crippen LogP) is 2.93. The Bertz CT molecular complexity index is 403. The largest absolute Gasteiger partial charge is 0.500 e. The second-order valence-corrected chi connectivity index (χ2v) is 2.61. The molecule has 0 saturated carbocycles. The minimum atomic E-state index is -1.95. The highest BCUT2D eigenvalue weighted by Crippen LogP contribution is 2.24. The van der Waals surface area contributed by atoms with Gasteiger partial charge in [0.1, 0.15) is 11.5 Å². The molecular formula is C9H6F2O4. The van der Waals surface area contributed by atoms with Gasteiger partial charge in [-0.05, 0) is 30.7 Å². The summed E-state index contributed by atoms with van der Waals surface area (Å²) in [7, 11) is 0. The van der Waals surface area contributed by atoms with Crippen LogP contribution in [0.3, 0.4) is 0 Å². The first kappa shape index (κ1) is 11.1. The van der Waals surface area contributed by atoms with Crippen LogP contribution in [0.5, 0.6) is 11.5 Å². The van der Waals surface area contributed by atoms with Crippen molar-refractivity contribution in [1.29, 1.82) is 0 Å². The number of hydrogen-bond donors (Lipinski definition) is 0. The zero-order valence-electron chi connectivity index (χ0n) is 7.62. The van der Waals surface area contributed by atoms with Crippen LogP contribution in [-0.2, 0) is 0 Å². The lowest BCUT2D eigenvalue weighted by molar-refractivity contribution is 0.172. The molecule has 0 N–H and O–H groups in total. The highest BCUT2D eigenvalue weighted by Gasteiger charge is 2.08. The number of hydrogen-bond acceptors (Lipinski definition) is 4. The third-order valence-electron chi connectivity index (χ3n) is 1.53. The molecule has 1 aromatic rings. The second kappa shape index (κ2) is 4.50. The van der Waals surface area contributed by atoms with Crippen LogP contribution >= 0.6 is 0 Å². The van der Waals surface area contributed by atoms with Gasteiger partial charge in [0.05, 0.1) is 0 Å². The fourth-order valence-corrected chi connectivity index (χ4v) is 0.979. The van der Waals surface area contributed by atoms with Crippen LogP contribution < -0.4 is 9.47 Å². The van der Waals surface area contributed by atoms with Crippen molar-refractivity contribution in [2.75, 3.05) is 0 Å². The molecule has 0 saturated heterocycles. The molecule has 0 aliphatic rings. The Labute approximate surface area is 83.4 Å². The van der Waals surface area contributed by atoms with E-state index in [2.05, 4.69) is 9.47 Å². The molecular weight excluding hydrogens is 210 g/mol. The summed E-state index contributed by atoms with van der Waals surface area (Å²) in [5.74, 6) is -0.0835. The molecule has 0 fully saturated rings. The quantitative estimate of drug-likeness (QED) is 0.713. The summed E-state index contributed by atoms with van der Waals surface area (Å²) in [6, 6.07) is 3.59. The molecule has 6 heteroatoms. The maximum atomic E-state index is 11.9. The summed E-state index contributed by atoms with van der Waals surface area (Å²) in [5, 5.41) is 0. The maximum absolute atomic E-state index is 11.9. The molecule has 0 unspecified atom stereocenters. The Hall–Kier alpha value is -1.98. The summed E-state index contributed by atoms with van der Waals surface area (Å²) >= 11 is 0. The number of benzene rings is 1. The van der Waals surface area contributed by atoms with Crippen molar-refractivity contribution in [3.63, 3.8) is 0 Å². The highest BCUT2D eigenvalue weighted by molar-refractivity contribution is 5.65. The fraction of sp³-hybridized carbons (Fsp3) is 0.111. The first-order chi connectivity index (χ1) is 6.99. The van der Waals surface area contributed by atoms with E-state index in [-0.39, 0.29) is 11.5 Å². The molecule has 0 atom stereocenters. The van der Waals surface area contributed by atoms with E-state index >= 15 is 0 Å². The molecule has 1 aromatic carbocycles. The van der Waals surface area contributed by atoms with Gasteiger partial charge in [0.15, 0.2) is 0 Å². The predicted molar refractivity (Wildman–Crippen MR) is 45.4 cm³/mol. The molecule has 80 valence electrons. The van der Waals surface area contributed by atoms with Crippen LogP contribution in [0.2, 0.25) is 0 Å². The number of carbonyl (C=O) groups is 2. The van der Waals surface area contributed by atoms with Crippen molar-refractivity contribution in [3.05, 3.63) is 23.8 Å². The molecule has 0 amide bonds. The second-order valence-electron chi connectivity index (χ2n) is 2.61. The van der Waals surface area contributed by atoms with E-state index in [1.165, 1.54) is 25.1 Å². The first-order valence-electron chi connectivity index (χ1n) is 3.84. The third kappa shape index (κ3) is 3.34. The third-order valence-corrected chi connectivity index (χ3v) is 1.53. The molecule has 0 spiro atoms. The van der Waals surface area contributed by atoms with Gasteiger partial charge in [-0.25, -0.2) is 9.59 Å². The number of carbonyl (C=O) groups excluding carboxylic acids is 2. The Kier molecular flexibility index (Phi) is 3.33. The molecule has 4 nitrogen and oxygen atoms in total. The molecule has 1 rings (SSSR count). The number of halogens is 2. The zero-order valence-corrected chi connectivity index (χ0v) is 7.62. The van der Waals surface area contributed by atoms with Crippen molar-refractivity contribution in [2.45, 2.75) is 6.92 Å². The van der Waals surface area contributed by atoms with E-state index in [1.54, 1.807) is 0 Å². The molecule has 0 aliphatic heterocycles. The average molecular weight is 216 g/mol. The normalized spacial score (nSPS) is 9.53. The maximum Gasteiger partial charge on any atom is 0.500 e. The van der Waals surface area contributed by atoms with Gasteiger partial charge in [0, 0.05) is 0 Å². The standard InChI is InChI=1S/C9H6F2O4/c1-5-4-6(14-8(10)12)2-3-7(5)15-9(11)13/h2-4H,1H3. The van der Waals surface area contributed by atoms with Gasteiger partial charge < -0.3 is 9.47 Å². The van der Waals surface area contributed by atoms with Gasteiger partial charge in [0.2, 0.25) is 0 Å². The van der Waals surface area contributed by atoms with Crippen LogP contribution in [0, 0.1) is 6.92 Å². The van der Waals surface area contributed by atoms with E-state index in [9.17, 15) is 18.4 Å². The lowest BCUT2D eigenvalue weighted by atomic mass is 10.2. The van der Waals surface area contributed by atoms with Crippen molar-refractivity contribution < 1.29 is 27.8 Å². The van der Waals surface area contributed by atoms with E-state index < -0.39 is 12.4 Å². The number of ether oxygens (including phenoxy) is 2. The average Bonchev–Trinajstić information content (AvgIpc) is 2.08. The summed E-state index contributed by atoms with van der Waals surface area (Å²) in [6.45, 7) is 1.48. The highest BCUT2D eigenvalue weighted by atomic mass is 19.2. The monoisotopic (exact) mass is 216 g/mol. The van der Waals surface area contributed by atoms with Crippen molar-refractivity contribution in [1.82, 2.24) is 0 Å². The topological polar surface area (TPSA) is 52.6 Å². The lowest BCUT2D eigenvalue weighted by Crippen LogP contribution is -2.01. The number of rotatable bonds is 2. The summed E-state index contributed by atoms with van der Waals surface area (Å²) < 4.78 is 32.0. The Morgan fingerprint density at radius 2 is 1.73 bits per heavy atom. The SMILES string of the molecule is Cc1cc(OC(=O)F)ccc1OC(=O)F. The lowest BCUT2D eigenvalue weighted by Gasteiger charge is -2.05. The van der Waals surface area contributed by atoms with Gasteiger partial charge in [-0.3, -0.25) is 0 Å². The van der Waals surface area contributed by atoms with Crippen molar-refractivity contribution in [2.24, 2.45) is 0 Å². The molecule has 0 radical (unpaired) electrons. The minimum Gasteiger partial charge on any atom is -0.401 e. The van der Waals surface area contributed by atoms with Gasteiger partial charge in [0.25, 0.3) is 0 Å². The van der Waals surface area contributed by atoms with Crippen LogP contribution in [0.25, 0.3) is 0 Å². The van der Waals surface area contributed by atoms with E-state index in [4.69, 9.17) is 0 Å². The summed E-state index contributed by atoms with van der Waals surface area (Å²) in [5.41, 5.74) is 0.333. The summed E-state index contributed by atoms with van der Waals surface area (Å²) in [6.07, 6.45) is -3.90. The van der Waals surface area contributed by atoms with Gasteiger partial charge >= 0.3 is 12.4 Å². The van der Waals surface area contributed by atoms with E-state index in [0.29, 0.717) is 5.56 Å². The van der Waals surface area contributed by atoms with Crippen LogP contribution in [0.15, 0.2) is 18.2 Å².